The van der Waals surface area contributed by atoms with E-state index in [1.165, 1.54) is 0 Å². The number of fused-ring (bicyclic) bond motifs is 1. The van der Waals surface area contributed by atoms with E-state index in [1.54, 1.807) is 44.2 Å². The van der Waals surface area contributed by atoms with Crippen molar-refractivity contribution in [3.8, 4) is 0 Å². The summed E-state index contributed by atoms with van der Waals surface area (Å²) in [6.07, 6.45) is 5.14. The van der Waals surface area contributed by atoms with Gasteiger partial charge in [-0.15, -0.1) is 0 Å². The molecular formula is C18H19N9O2. The Kier molecular flexibility index (Phi) is 4.34. The molecule has 0 fully saturated rings. The summed E-state index contributed by atoms with van der Waals surface area (Å²) in [4.78, 5) is 28.8. The number of carboxylic acid groups (broad SMARTS) is 1. The average molecular weight is 393 g/mol. The molecule has 4 aromatic heterocycles. The van der Waals surface area contributed by atoms with Gasteiger partial charge in [0.1, 0.15) is 0 Å². The predicted molar refractivity (Wildman–Crippen MR) is 107 cm³/mol. The molecule has 4 heterocycles. The van der Waals surface area contributed by atoms with Crippen molar-refractivity contribution in [3.05, 3.63) is 41.7 Å². The summed E-state index contributed by atoms with van der Waals surface area (Å²) in [6, 6.07) is 1.55. The molecule has 4 aromatic rings. The Balaban J connectivity index is 1.69. The number of aromatic carboxylic acids is 1. The van der Waals surface area contributed by atoms with Gasteiger partial charge in [-0.2, -0.15) is 10.1 Å². The summed E-state index contributed by atoms with van der Waals surface area (Å²) in [5.74, 6) is 0.511. The van der Waals surface area contributed by atoms with E-state index in [0.29, 0.717) is 45.7 Å². The summed E-state index contributed by atoms with van der Waals surface area (Å²) in [6.45, 7) is 3.47. The fraction of sp³-hybridized carbons (Fsp3) is 0.222. The summed E-state index contributed by atoms with van der Waals surface area (Å²) < 4.78 is 3.44. The van der Waals surface area contributed by atoms with Crippen LogP contribution in [0.25, 0.3) is 11.0 Å². The Morgan fingerprint density at radius 3 is 2.59 bits per heavy atom. The first-order valence-corrected chi connectivity index (χ1v) is 8.75. The fourth-order valence-electron chi connectivity index (χ4n) is 2.98. The minimum absolute atomic E-state index is 0.136. The zero-order chi connectivity index (χ0) is 20.7. The van der Waals surface area contributed by atoms with E-state index in [-0.39, 0.29) is 5.56 Å². The number of nitrogens with zero attached hydrogens (tertiary/aromatic N) is 7. The van der Waals surface area contributed by atoms with Gasteiger partial charge in [-0.3, -0.25) is 4.98 Å². The monoisotopic (exact) mass is 393 g/mol. The minimum Gasteiger partial charge on any atom is -0.478 e. The number of hydrogen-bond acceptors (Lipinski definition) is 8. The zero-order valence-electron chi connectivity index (χ0n) is 16.3. The van der Waals surface area contributed by atoms with Crippen molar-refractivity contribution in [2.75, 3.05) is 10.6 Å². The van der Waals surface area contributed by atoms with Gasteiger partial charge in [0.25, 0.3) is 0 Å². The normalized spacial score (nSPS) is 11.0. The lowest BCUT2D eigenvalue weighted by Gasteiger charge is -2.10. The maximum Gasteiger partial charge on any atom is 0.337 e. The Labute approximate surface area is 165 Å². The van der Waals surface area contributed by atoms with Gasteiger partial charge in [-0.1, -0.05) is 0 Å². The molecular weight excluding hydrogens is 374 g/mol. The molecule has 0 aliphatic heterocycles. The summed E-state index contributed by atoms with van der Waals surface area (Å²) in [5, 5.41) is 20.7. The number of aromatic nitrogens is 7. The van der Waals surface area contributed by atoms with Gasteiger partial charge in [0.15, 0.2) is 17.3 Å². The van der Waals surface area contributed by atoms with Crippen LogP contribution in [0, 0.1) is 13.8 Å². The summed E-state index contributed by atoms with van der Waals surface area (Å²) in [7, 11) is 3.65. The van der Waals surface area contributed by atoms with Crippen LogP contribution in [0.1, 0.15) is 21.7 Å². The van der Waals surface area contributed by atoms with Crippen molar-refractivity contribution in [2.45, 2.75) is 13.8 Å². The van der Waals surface area contributed by atoms with Crippen LogP contribution in [0.2, 0.25) is 0 Å². The molecule has 0 amide bonds. The third-order valence-corrected chi connectivity index (χ3v) is 4.41. The molecule has 0 saturated carbocycles. The molecule has 0 unspecified atom stereocenters. The average Bonchev–Trinajstić information content (AvgIpc) is 3.20. The second-order valence-corrected chi connectivity index (χ2v) is 6.64. The SMILES string of the molecule is Cc1nc(C)c(C(=O)O)cc1Nc1nn(C)c2nc(Nc3cn(C)cn3)ncc12. The maximum absolute atomic E-state index is 11.4. The summed E-state index contributed by atoms with van der Waals surface area (Å²) in [5.41, 5.74) is 2.43. The van der Waals surface area contributed by atoms with Crippen LogP contribution in [0.4, 0.5) is 23.3 Å². The second kappa shape index (κ2) is 6.86. The van der Waals surface area contributed by atoms with Crippen LogP contribution in [0.15, 0.2) is 24.8 Å². The molecule has 0 aliphatic rings. The molecule has 3 N–H and O–H groups in total. The molecule has 11 heteroatoms. The van der Waals surface area contributed by atoms with Gasteiger partial charge in [-0.25, -0.2) is 19.4 Å². The number of nitrogens with one attached hydrogen (secondary N) is 2. The molecule has 0 bridgehead atoms. The number of imidazole rings is 1. The second-order valence-electron chi connectivity index (χ2n) is 6.64. The molecule has 29 heavy (non-hydrogen) atoms. The number of anilines is 4. The van der Waals surface area contributed by atoms with E-state index >= 15 is 0 Å². The quantitative estimate of drug-likeness (QED) is 0.466. The molecule has 0 saturated heterocycles. The molecule has 0 atom stereocenters. The number of carbonyl (C=O) groups is 1. The minimum atomic E-state index is -1.03. The standard InChI is InChI=1S/C18H19N9O2/c1-9-11(17(28)29)5-13(10(2)21-9)22-15-12-6-19-18(24-16(12)27(4)25-15)23-14-7-26(3)8-20-14/h5-8H,1-4H3,(H,22,25)(H,28,29)(H,19,23,24). The van der Waals surface area contributed by atoms with E-state index < -0.39 is 5.97 Å². The van der Waals surface area contributed by atoms with Gasteiger partial charge < -0.3 is 20.3 Å². The maximum atomic E-state index is 11.4. The summed E-state index contributed by atoms with van der Waals surface area (Å²) >= 11 is 0. The van der Waals surface area contributed by atoms with Gasteiger partial charge in [-0.05, 0) is 19.9 Å². The highest BCUT2D eigenvalue weighted by Crippen LogP contribution is 2.27. The van der Waals surface area contributed by atoms with Crippen molar-refractivity contribution in [3.63, 3.8) is 0 Å². The van der Waals surface area contributed by atoms with E-state index in [9.17, 15) is 9.90 Å². The molecule has 4 rings (SSSR count). The van der Waals surface area contributed by atoms with Crippen molar-refractivity contribution in [1.82, 2.24) is 34.3 Å². The highest BCUT2D eigenvalue weighted by atomic mass is 16.4. The van der Waals surface area contributed by atoms with Crippen LogP contribution in [0.5, 0.6) is 0 Å². The number of aryl methyl sites for hydroxylation is 4. The van der Waals surface area contributed by atoms with Crippen molar-refractivity contribution in [1.29, 1.82) is 0 Å². The highest BCUT2D eigenvalue weighted by Gasteiger charge is 2.16. The predicted octanol–water partition coefficient (Wildman–Crippen LogP) is 2.29. The third-order valence-electron chi connectivity index (χ3n) is 4.41. The third kappa shape index (κ3) is 3.45. The van der Waals surface area contributed by atoms with Gasteiger partial charge >= 0.3 is 5.97 Å². The first-order chi connectivity index (χ1) is 13.8. The van der Waals surface area contributed by atoms with Crippen LogP contribution in [0.3, 0.4) is 0 Å². The first-order valence-electron chi connectivity index (χ1n) is 8.75. The Morgan fingerprint density at radius 2 is 1.90 bits per heavy atom. The Morgan fingerprint density at radius 1 is 1.10 bits per heavy atom. The highest BCUT2D eigenvalue weighted by molar-refractivity contribution is 5.92. The molecule has 11 nitrogen and oxygen atoms in total. The zero-order valence-corrected chi connectivity index (χ0v) is 16.3. The van der Waals surface area contributed by atoms with Crippen molar-refractivity contribution in [2.24, 2.45) is 14.1 Å². The smallest absolute Gasteiger partial charge is 0.337 e. The fourth-order valence-corrected chi connectivity index (χ4v) is 2.98. The topological polar surface area (TPSA) is 136 Å². The largest absolute Gasteiger partial charge is 0.478 e. The van der Waals surface area contributed by atoms with Crippen LogP contribution in [-0.2, 0) is 14.1 Å². The van der Waals surface area contributed by atoms with Gasteiger partial charge in [0.05, 0.1) is 34.4 Å². The molecule has 0 aromatic carbocycles. The molecule has 0 spiro atoms. The van der Waals surface area contributed by atoms with E-state index in [0.717, 1.165) is 0 Å². The number of hydrogen-bond donors (Lipinski definition) is 3. The number of pyridine rings is 1. The van der Waals surface area contributed by atoms with E-state index in [1.807, 2.05) is 17.8 Å². The lowest BCUT2D eigenvalue weighted by atomic mass is 10.1. The molecule has 0 aliphatic carbocycles. The Hall–Kier alpha value is -4.02. The van der Waals surface area contributed by atoms with E-state index in [2.05, 4.69) is 35.7 Å². The van der Waals surface area contributed by atoms with Crippen molar-refractivity contribution >= 4 is 40.3 Å². The lowest BCUT2D eigenvalue weighted by molar-refractivity contribution is 0.0695. The number of carboxylic acids is 1. The van der Waals surface area contributed by atoms with Crippen LogP contribution < -0.4 is 10.6 Å². The van der Waals surface area contributed by atoms with Gasteiger partial charge in [0, 0.05) is 26.5 Å². The first kappa shape index (κ1) is 18.3. The van der Waals surface area contributed by atoms with E-state index in [4.69, 9.17) is 0 Å². The lowest BCUT2D eigenvalue weighted by Crippen LogP contribution is -2.06. The molecule has 0 radical (unpaired) electrons. The number of rotatable bonds is 5. The van der Waals surface area contributed by atoms with Gasteiger partial charge in [0.2, 0.25) is 5.95 Å². The Bertz CT molecular complexity index is 1240. The van der Waals surface area contributed by atoms with Crippen LogP contribution in [-0.4, -0.2) is 45.4 Å². The van der Waals surface area contributed by atoms with Crippen molar-refractivity contribution < 1.29 is 9.90 Å². The van der Waals surface area contributed by atoms with Crippen LogP contribution >= 0.6 is 0 Å². The molecule has 148 valence electrons.